The van der Waals surface area contributed by atoms with Crippen molar-refractivity contribution in [2.75, 3.05) is 13.2 Å². The van der Waals surface area contributed by atoms with E-state index in [1.165, 1.54) is 0 Å². The molecule has 0 radical (unpaired) electrons. The maximum Gasteiger partial charge on any atom is 0.259 e. The van der Waals surface area contributed by atoms with Gasteiger partial charge in [0.1, 0.15) is 18.1 Å². The van der Waals surface area contributed by atoms with E-state index < -0.39 is 11.4 Å². The molecule has 0 spiro atoms. The van der Waals surface area contributed by atoms with E-state index >= 15 is 0 Å². The topological polar surface area (TPSA) is 71.3 Å². The molecular formula is C18H16Cl2N2O3. The second kappa shape index (κ2) is 8.61. The van der Waals surface area contributed by atoms with E-state index in [0.717, 1.165) is 0 Å². The number of halogens is 2. The summed E-state index contributed by atoms with van der Waals surface area (Å²) in [6.07, 6.45) is 0. The summed E-state index contributed by atoms with van der Waals surface area (Å²) in [6.45, 7) is 1.33. The van der Waals surface area contributed by atoms with Gasteiger partial charge in [-0.2, -0.15) is 5.26 Å². The van der Waals surface area contributed by atoms with Gasteiger partial charge in [0, 0.05) is 10.0 Å². The van der Waals surface area contributed by atoms with Crippen molar-refractivity contribution in [3.05, 3.63) is 58.6 Å². The second-order valence-corrected chi connectivity index (χ2v) is 6.35. The summed E-state index contributed by atoms with van der Waals surface area (Å²) in [5.41, 5.74) is -1.19. The van der Waals surface area contributed by atoms with Crippen LogP contribution in [0.4, 0.5) is 0 Å². The normalized spacial score (nSPS) is 12.6. The summed E-state index contributed by atoms with van der Waals surface area (Å²) in [5.74, 6) is 0.631. The van der Waals surface area contributed by atoms with Crippen LogP contribution in [0, 0.1) is 11.3 Å². The molecule has 0 bridgehead atoms. The van der Waals surface area contributed by atoms with Crippen LogP contribution in [0.2, 0.25) is 10.0 Å². The molecule has 130 valence electrons. The molecule has 5 nitrogen and oxygen atoms in total. The summed E-state index contributed by atoms with van der Waals surface area (Å²) in [4.78, 5) is 12.0. The summed E-state index contributed by atoms with van der Waals surface area (Å²) in [5, 5.41) is 13.1. The molecule has 2 rings (SSSR count). The van der Waals surface area contributed by atoms with Crippen LogP contribution in [0.5, 0.6) is 11.5 Å². The summed E-state index contributed by atoms with van der Waals surface area (Å²) < 4.78 is 10.9. The highest BCUT2D eigenvalue weighted by molar-refractivity contribution is 6.30. The van der Waals surface area contributed by atoms with Crippen molar-refractivity contribution in [1.29, 1.82) is 5.26 Å². The largest absolute Gasteiger partial charge is 0.490 e. The number of nitrogens with zero attached hydrogens (tertiary/aromatic N) is 1. The van der Waals surface area contributed by atoms with Crippen molar-refractivity contribution in [3.8, 4) is 17.6 Å². The fourth-order valence-electron chi connectivity index (χ4n) is 1.88. The van der Waals surface area contributed by atoms with Crippen molar-refractivity contribution in [3.63, 3.8) is 0 Å². The third-order valence-electron chi connectivity index (χ3n) is 3.19. The zero-order valence-corrected chi connectivity index (χ0v) is 15.0. The van der Waals surface area contributed by atoms with Gasteiger partial charge in [0.05, 0.1) is 6.07 Å². The van der Waals surface area contributed by atoms with E-state index in [9.17, 15) is 10.1 Å². The SMILES string of the molecule is CC(C#N)(COc1ccc(Cl)cc1)NC(=O)COc1ccc(Cl)cc1. The Morgan fingerprint density at radius 3 is 2.00 bits per heavy atom. The van der Waals surface area contributed by atoms with Crippen molar-refractivity contribution >= 4 is 29.1 Å². The molecule has 25 heavy (non-hydrogen) atoms. The molecule has 1 atom stereocenters. The number of benzene rings is 2. The van der Waals surface area contributed by atoms with Gasteiger partial charge < -0.3 is 14.8 Å². The first-order valence-corrected chi connectivity index (χ1v) is 8.15. The molecule has 2 aromatic rings. The van der Waals surface area contributed by atoms with E-state index in [4.69, 9.17) is 32.7 Å². The van der Waals surface area contributed by atoms with Crippen LogP contribution in [-0.4, -0.2) is 24.7 Å². The first-order valence-electron chi connectivity index (χ1n) is 7.39. The molecule has 0 saturated heterocycles. The standard InChI is InChI=1S/C18H16Cl2N2O3/c1-18(11-21,12-25-16-8-4-14(20)5-9-16)22-17(23)10-24-15-6-2-13(19)3-7-15/h2-9H,10,12H2,1H3,(H,22,23). The number of ether oxygens (including phenoxy) is 2. The number of hydrogen-bond acceptors (Lipinski definition) is 4. The smallest absolute Gasteiger partial charge is 0.259 e. The van der Waals surface area contributed by atoms with Gasteiger partial charge in [0.25, 0.3) is 5.91 Å². The van der Waals surface area contributed by atoms with E-state index in [2.05, 4.69) is 5.32 Å². The number of carbonyl (C=O) groups excluding carboxylic acids is 1. The lowest BCUT2D eigenvalue weighted by atomic mass is 10.1. The van der Waals surface area contributed by atoms with Crippen LogP contribution in [0.3, 0.4) is 0 Å². The van der Waals surface area contributed by atoms with E-state index in [1.807, 2.05) is 6.07 Å². The van der Waals surface area contributed by atoms with Gasteiger partial charge in [-0.05, 0) is 55.5 Å². The van der Waals surface area contributed by atoms with Gasteiger partial charge in [-0.3, -0.25) is 4.79 Å². The average Bonchev–Trinajstić information content (AvgIpc) is 2.61. The lowest BCUT2D eigenvalue weighted by Crippen LogP contribution is -2.50. The summed E-state index contributed by atoms with van der Waals surface area (Å²) in [6, 6.07) is 15.4. The molecule has 0 aliphatic heterocycles. The van der Waals surface area contributed by atoms with Crippen molar-refractivity contribution < 1.29 is 14.3 Å². The molecule has 1 amide bonds. The minimum absolute atomic E-state index is 0.0161. The fraction of sp³-hybridized carbons (Fsp3) is 0.222. The zero-order chi connectivity index (χ0) is 18.3. The van der Waals surface area contributed by atoms with Gasteiger partial charge in [-0.25, -0.2) is 0 Å². The van der Waals surface area contributed by atoms with Crippen LogP contribution >= 0.6 is 23.2 Å². The zero-order valence-electron chi connectivity index (χ0n) is 13.5. The van der Waals surface area contributed by atoms with Crippen LogP contribution < -0.4 is 14.8 Å². The minimum Gasteiger partial charge on any atom is -0.490 e. The van der Waals surface area contributed by atoms with Crippen molar-refractivity contribution in [2.45, 2.75) is 12.5 Å². The summed E-state index contributed by atoms with van der Waals surface area (Å²) in [7, 11) is 0. The number of nitrogens with one attached hydrogen (secondary N) is 1. The molecule has 0 aromatic heterocycles. The molecule has 0 saturated carbocycles. The Balaban J connectivity index is 1.86. The highest BCUT2D eigenvalue weighted by Crippen LogP contribution is 2.17. The molecule has 0 heterocycles. The van der Waals surface area contributed by atoms with Gasteiger partial charge in [-0.1, -0.05) is 23.2 Å². The first-order chi connectivity index (χ1) is 11.9. The highest BCUT2D eigenvalue weighted by Gasteiger charge is 2.27. The van der Waals surface area contributed by atoms with E-state index in [0.29, 0.717) is 21.5 Å². The highest BCUT2D eigenvalue weighted by atomic mass is 35.5. The van der Waals surface area contributed by atoms with Crippen molar-refractivity contribution in [1.82, 2.24) is 5.32 Å². The minimum atomic E-state index is -1.19. The van der Waals surface area contributed by atoms with E-state index in [1.54, 1.807) is 55.5 Å². The molecule has 1 unspecified atom stereocenters. The Bertz CT molecular complexity index is 757. The van der Waals surface area contributed by atoms with Gasteiger partial charge in [0.15, 0.2) is 12.1 Å². The van der Waals surface area contributed by atoms with Crippen LogP contribution in [0.25, 0.3) is 0 Å². The molecule has 1 N–H and O–H groups in total. The number of rotatable bonds is 7. The maximum atomic E-state index is 12.0. The van der Waals surface area contributed by atoms with Crippen LogP contribution in [-0.2, 0) is 4.79 Å². The Hall–Kier alpha value is -2.42. The van der Waals surface area contributed by atoms with Gasteiger partial charge in [0.2, 0.25) is 0 Å². The second-order valence-electron chi connectivity index (χ2n) is 5.48. The quantitative estimate of drug-likeness (QED) is 0.793. The third-order valence-corrected chi connectivity index (χ3v) is 3.69. The number of amides is 1. The predicted molar refractivity (Wildman–Crippen MR) is 96.1 cm³/mol. The molecule has 7 heteroatoms. The third kappa shape index (κ3) is 6.18. The maximum absolute atomic E-state index is 12.0. The van der Waals surface area contributed by atoms with Gasteiger partial charge >= 0.3 is 0 Å². The molecule has 0 aliphatic carbocycles. The fourth-order valence-corrected chi connectivity index (χ4v) is 2.13. The molecule has 2 aromatic carbocycles. The Labute approximate surface area is 156 Å². The predicted octanol–water partition coefficient (Wildman–Crippen LogP) is 3.85. The number of hydrogen-bond donors (Lipinski definition) is 1. The first kappa shape index (κ1) is 18.9. The Morgan fingerprint density at radius 1 is 1.04 bits per heavy atom. The Morgan fingerprint density at radius 2 is 1.52 bits per heavy atom. The lowest BCUT2D eigenvalue weighted by Gasteiger charge is -2.23. The van der Waals surface area contributed by atoms with Crippen LogP contribution in [0.15, 0.2) is 48.5 Å². The number of nitriles is 1. The molecular weight excluding hydrogens is 363 g/mol. The average molecular weight is 379 g/mol. The Kier molecular flexibility index (Phi) is 6.51. The summed E-state index contributed by atoms with van der Waals surface area (Å²) >= 11 is 11.6. The van der Waals surface area contributed by atoms with E-state index in [-0.39, 0.29) is 13.2 Å². The monoisotopic (exact) mass is 378 g/mol. The molecule has 0 aliphatic rings. The lowest BCUT2D eigenvalue weighted by molar-refractivity contribution is -0.124. The van der Waals surface area contributed by atoms with Crippen LogP contribution in [0.1, 0.15) is 6.92 Å². The van der Waals surface area contributed by atoms with Gasteiger partial charge in [-0.15, -0.1) is 0 Å². The number of carbonyl (C=O) groups is 1. The van der Waals surface area contributed by atoms with Crippen molar-refractivity contribution in [2.24, 2.45) is 0 Å². The molecule has 0 fully saturated rings.